The number of hydrogen-bond acceptors (Lipinski definition) is 8. The third-order valence-corrected chi connectivity index (χ3v) is 4.31. The molecule has 2 rings (SSSR count). The first-order chi connectivity index (χ1) is 14.1. The molecule has 160 valence electrons. The molecule has 10 nitrogen and oxygen atoms in total. The molecule has 1 aromatic rings. The number of benzene rings is 1. The second-order valence-electron chi connectivity index (χ2n) is 6.22. The van der Waals surface area contributed by atoms with Crippen LogP contribution in [0.1, 0.15) is 12.0 Å². The number of nitrogens with zero attached hydrogens (tertiary/aromatic N) is 2. The van der Waals surface area contributed by atoms with E-state index < -0.39 is 11.8 Å². The van der Waals surface area contributed by atoms with E-state index in [2.05, 4.69) is 20.7 Å². The van der Waals surface area contributed by atoms with Crippen LogP contribution in [0.25, 0.3) is 0 Å². The van der Waals surface area contributed by atoms with Crippen LogP contribution in [0.5, 0.6) is 17.2 Å². The normalized spacial score (nSPS) is 14.4. The van der Waals surface area contributed by atoms with Crippen LogP contribution in [0.15, 0.2) is 17.2 Å². The molecule has 0 bridgehead atoms. The minimum Gasteiger partial charge on any atom is -0.493 e. The number of ether oxygens (including phenoxy) is 4. The summed E-state index contributed by atoms with van der Waals surface area (Å²) in [6.07, 6.45) is 2.14. The molecular formula is C19H28N4O6. The Bertz CT molecular complexity index is 694. The summed E-state index contributed by atoms with van der Waals surface area (Å²) >= 11 is 0. The molecule has 1 aliphatic heterocycles. The van der Waals surface area contributed by atoms with E-state index in [-0.39, 0.29) is 0 Å². The van der Waals surface area contributed by atoms with Gasteiger partial charge in [0.15, 0.2) is 11.5 Å². The SMILES string of the molecule is COc1cc(C=NNC(=O)C(=O)NCCCN2CCOCC2)cc(OC)c1OC. The molecule has 1 heterocycles. The van der Waals surface area contributed by atoms with Crippen molar-refractivity contribution in [1.82, 2.24) is 15.6 Å². The van der Waals surface area contributed by atoms with Gasteiger partial charge >= 0.3 is 11.8 Å². The first kappa shape index (κ1) is 22.4. The first-order valence-electron chi connectivity index (χ1n) is 9.30. The Balaban J connectivity index is 1.78. The van der Waals surface area contributed by atoms with E-state index in [1.54, 1.807) is 12.1 Å². The van der Waals surface area contributed by atoms with Crippen molar-refractivity contribution in [3.05, 3.63) is 17.7 Å². The molecule has 0 saturated carbocycles. The van der Waals surface area contributed by atoms with Crippen LogP contribution >= 0.6 is 0 Å². The van der Waals surface area contributed by atoms with Gasteiger partial charge in [-0.3, -0.25) is 14.5 Å². The number of carbonyl (C=O) groups is 2. The molecule has 0 atom stereocenters. The maximum absolute atomic E-state index is 11.8. The van der Waals surface area contributed by atoms with Crippen molar-refractivity contribution in [3.63, 3.8) is 0 Å². The highest BCUT2D eigenvalue weighted by atomic mass is 16.5. The van der Waals surface area contributed by atoms with Crippen LogP contribution in [0.2, 0.25) is 0 Å². The molecule has 0 aliphatic carbocycles. The number of hydrogen-bond donors (Lipinski definition) is 2. The Kier molecular flexibility index (Phi) is 9.19. The lowest BCUT2D eigenvalue weighted by molar-refractivity contribution is -0.139. The Hall–Kier alpha value is -2.85. The second-order valence-corrected chi connectivity index (χ2v) is 6.22. The second kappa shape index (κ2) is 11.9. The highest BCUT2D eigenvalue weighted by Crippen LogP contribution is 2.37. The fourth-order valence-electron chi connectivity index (χ4n) is 2.80. The highest BCUT2D eigenvalue weighted by molar-refractivity contribution is 6.35. The van der Waals surface area contributed by atoms with E-state index >= 15 is 0 Å². The minimum absolute atomic E-state index is 0.417. The number of hydrazone groups is 1. The lowest BCUT2D eigenvalue weighted by Crippen LogP contribution is -2.40. The first-order valence-corrected chi connectivity index (χ1v) is 9.30. The monoisotopic (exact) mass is 408 g/mol. The largest absolute Gasteiger partial charge is 0.493 e. The lowest BCUT2D eigenvalue weighted by Gasteiger charge is -2.26. The van der Waals surface area contributed by atoms with Gasteiger partial charge in [-0.25, -0.2) is 5.43 Å². The minimum atomic E-state index is -0.833. The Morgan fingerprint density at radius 3 is 2.34 bits per heavy atom. The summed E-state index contributed by atoms with van der Waals surface area (Å²) in [6, 6.07) is 3.34. The standard InChI is InChI=1S/C19H28N4O6/c1-26-15-11-14(12-16(27-2)17(15)28-3)13-21-22-19(25)18(24)20-5-4-6-23-7-9-29-10-8-23/h11-13H,4-10H2,1-3H3,(H,20,24)(H,22,25). The summed E-state index contributed by atoms with van der Waals surface area (Å²) < 4.78 is 21.0. The molecule has 2 N–H and O–H groups in total. The zero-order chi connectivity index (χ0) is 21.1. The van der Waals surface area contributed by atoms with Crippen LogP contribution in [-0.2, 0) is 14.3 Å². The predicted octanol–water partition coefficient (Wildman–Crippen LogP) is 0.00100. The van der Waals surface area contributed by atoms with Gasteiger partial charge < -0.3 is 24.3 Å². The number of morpholine rings is 1. The number of carbonyl (C=O) groups excluding carboxylic acids is 2. The summed E-state index contributed by atoms with van der Waals surface area (Å²) in [5, 5.41) is 6.39. The van der Waals surface area contributed by atoms with Gasteiger partial charge in [0.2, 0.25) is 5.75 Å². The van der Waals surface area contributed by atoms with Crippen molar-refractivity contribution in [2.45, 2.75) is 6.42 Å². The number of amides is 2. The van der Waals surface area contributed by atoms with E-state index in [9.17, 15) is 9.59 Å². The topological polar surface area (TPSA) is 111 Å². The van der Waals surface area contributed by atoms with Crippen molar-refractivity contribution in [2.24, 2.45) is 5.10 Å². The van der Waals surface area contributed by atoms with Gasteiger partial charge in [-0.1, -0.05) is 0 Å². The molecule has 1 aromatic carbocycles. The van der Waals surface area contributed by atoms with Crippen molar-refractivity contribution in [3.8, 4) is 17.2 Å². The van der Waals surface area contributed by atoms with E-state index in [1.807, 2.05) is 0 Å². The third kappa shape index (κ3) is 6.91. The van der Waals surface area contributed by atoms with Crippen LogP contribution in [0.4, 0.5) is 0 Å². The molecular weight excluding hydrogens is 380 g/mol. The molecule has 29 heavy (non-hydrogen) atoms. The van der Waals surface area contributed by atoms with Gasteiger partial charge in [0, 0.05) is 25.2 Å². The van der Waals surface area contributed by atoms with Crippen molar-refractivity contribution < 1.29 is 28.5 Å². The van der Waals surface area contributed by atoms with Crippen molar-refractivity contribution >= 4 is 18.0 Å². The molecule has 0 spiro atoms. The zero-order valence-corrected chi connectivity index (χ0v) is 17.0. The Morgan fingerprint density at radius 1 is 1.10 bits per heavy atom. The van der Waals surface area contributed by atoms with Crippen LogP contribution < -0.4 is 25.0 Å². The van der Waals surface area contributed by atoms with E-state index in [0.717, 1.165) is 39.3 Å². The summed E-state index contributed by atoms with van der Waals surface area (Å²) in [5.74, 6) is -0.197. The molecule has 0 unspecified atom stereocenters. The van der Waals surface area contributed by atoms with Gasteiger partial charge in [-0.2, -0.15) is 5.10 Å². The van der Waals surface area contributed by atoms with Crippen molar-refractivity contribution in [2.75, 3.05) is 60.7 Å². The van der Waals surface area contributed by atoms with E-state index in [4.69, 9.17) is 18.9 Å². The fourth-order valence-corrected chi connectivity index (χ4v) is 2.80. The van der Waals surface area contributed by atoms with Crippen LogP contribution in [0, 0.1) is 0 Å². The average molecular weight is 408 g/mol. The molecule has 2 amide bonds. The van der Waals surface area contributed by atoms with Crippen LogP contribution in [-0.4, -0.2) is 83.7 Å². The van der Waals surface area contributed by atoms with E-state index in [0.29, 0.717) is 29.4 Å². The molecule has 0 radical (unpaired) electrons. The maximum Gasteiger partial charge on any atom is 0.329 e. The molecule has 10 heteroatoms. The third-order valence-electron chi connectivity index (χ3n) is 4.31. The zero-order valence-electron chi connectivity index (χ0n) is 17.0. The summed E-state index contributed by atoms with van der Waals surface area (Å²) in [6.45, 7) is 4.52. The maximum atomic E-state index is 11.8. The predicted molar refractivity (Wildman–Crippen MR) is 107 cm³/mol. The van der Waals surface area contributed by atoms with Crippen molar-refractivity contribution in [1.29, 1.82) is 0 Å². The molecule has 0 aromatic heterocycles. The molecule has 1 saturated heterocycles. The van der Waals surface area contributed by atoms with Gasteiger partial charge in [0.25, 0.3) is 0 Å². The van der Waals surface area contributed by atoms with Crippen LogP contribution in [0.3, 0.4) is 0 Å². The van der Waals surface area contributed by atoms with Gasteiger partial charge in [-0.15, -0.1) is 0 Å². The van der Waals surface area contributed by atoms with Gasteiger partial charge in [0.1, 0.15) is 0 Å². The fraction of sp³-hybridized carbons (Fsp3) is 0.526. The number of nitrogens with one attached hydrogen (secondary N) is 2. The smallest absolute Gasteiger partial charge is 0.329 e. The summed E-state index contributed by atoms with van der Waals surface area (Å²) in [4.78, 5) is 25.9. The Morgan fingerprint density at radius 2 is 1.76 bits per heavy atom. The quantitative estimate of drug-likeness (QED) is 0.256. The van der Waals surface area contributed by atoms with Gasteiger partial charge in [0.05, 0.1) is 40.8 Å². The average Bonchev–Trinajstić information content (AvgIpc) is 2.76. The number of rotatable bonds is 9. The summed E-state index contributed by atoms with van der Waals surface area (Å²) in [5.41, 5.74) is 2.81. The Labute approximate surface area is 170 Å². The molecule has 1 fully saturated rings. The highest BCUT2D eigenvalue weighted by Gasteiger charge is 2.14. The lowest BCUT2D eigenvalue weighted by atomic mass is 10.2. The molecule has 1 aliphatic rings. The number of methoxy groups -OCH3 is 3. The van der Waals surface area contributed by atoms with Gasteiger partial charge in [-0.05, 0) is 25.1 Å². The van der Waals surface area contributed by atoms with E-state index in [1.165, 1.54) is 27.5 Å². The summed E-state index contributed by atoms with van der Waals surface area (Å²) in [7, 11) is 4.51.